The monoisotopic (exact) mass is 219 g/mol. The number of rotatable bonds is 3. The van der Waals surface area contributed by atoms with Gasteiger partial charge in [0.1, 0.15) is 6.04 Å². The number of benzene rings is 1. The number of anilines is 1. The maximum Gasteiger partial charge on any atom is 0.325 e. The Kier molecular flexibility index (Phi) is 2.87. The fourth-order valence-corrected chi connectivity index (χ4v) is 1.59. The highest BCUT2D eigenvalue weighted by Crippen LogP contribution is 2.18. The molecule has 2 rings (SSSR count). The van der Waals surface area contributed by atoms with E-state index in [-0.39, 0.29) is 0 Å². The zero-order valence-electron chi connectivity index (χ0n) is 8.71. The lowest BCUT2D eigenvalue weighted by Crippen LogP contribution is -2.21. The van der Waals surface area contributed by atoms with Crippen molar-refractivity contribution in [3.63, 3.8) is 0 Å². The number of hydrogen-bond donors (Lipinski definition) is 2. The van der Waals surface area contributed by atoms with Crippen LogP contribution < -0.4 is 10.6 Å². The predicted octanol–water partition coefficient (Wildman–Crippen LogP) is 0.619. The van der Waals surface area contributed by atoms with Gasteiger partial charge in [0.05, 0.1) is 12.9 Å². The molecule has 1 atom stereocenters. The molecule has 1 aliphatic rings. The van der Waals surface area contributed by atoms with Crippen LogP contribution in [0.5, 0.6) is 0 Å². The molecule has 0 saturated heterocycles. The van der Waals surface area contributed by atoms with E-state index < -0.39 is 12.0 Å². The fourth-order valence-electron chi connectivity index (χ4n) is 1.59. The molecule has 1 aromatic rings. The molecule has 16 heavy (non-hydrogen) atoms. The lowest BCUT2D eigenvalue weighted by molar-refractivity contribution is -0.138. The highest BCUT2D eigenvalue weighted by atomic mass is 16.4. The van der Waals surface area contributed by atoms with Gasteiger partial charge in [-0.3, -0.25) is 9.79 Å². The molecule has 0 spiro atoms. The Labute approximate surface area is 93.2 Å². The van der Waals surface area contributed by atoms with Crippen molar-refractivity contribution < 1.29 is 9.90 Å². The summed E-state index contributed by atoms with van der Waals surface area (Å²) in [6.45, 7) is 1.67. The number of aliphatic carboxylic acids is 1. The second-order valence-electron chi connectivity index (χ2n) is 3.62. The summed E-state index contributed by atoms with van der Waals surface area (Å²) in [6, 6.07) is 6.23. The Morgan fingerprint density at radius 1 is 1.44 bits per heavy atom. The molecule has 0 aromatic heterocycles. The normalized spacial score (nSPS) is 16.4. The van der Waals surface area contributed by atoms with E-state index in [0.29, 0.717) is 5.56 Å². The second-order valence-corrected chi connectivity index (χ2v) is 3.62. The summed E-state index contributed by atoms with van der Waals surface area (Å²) in [4.78, 5) is 16.8. The molecule has 1 heterocycles. The Hall–Kier alpha value is -1.88. The van der Waals surface area contributed by atoms with Gasteiger partial charge in [-0.25, -0.2) is 0 Å². The van der Waals surface area contributed by atoms with Crippen LogP contribution in [-0.4, -0.2) is 30.5 Å². The summed E-state index contributed by atoms with van der Waals surface area (Å²) in [5, 5.41) is 8.76. The summed E-state index contributed by atoms with van der Waals surface area (Å²) < 4.78 is 0. The van der Waals surface area contributed by atoms with Crippen LogP contribution in [0.3, 0.4) is 0 Å². The first kappa shape index (κ1) is 10.6. The summed E-state index contributed by atoms with van der Waals surface area (Å²) in [5.41, 5.74) is 7.11. The standard InChI is InChI=1S/C11H13N3O2/c12-10(11(15)16)8-1-3-9(4-2-8)14-6-5-13-7-14/h1-4,7,10H,5-6,12H2,(H,15,16). The zero-order chi connectivity index (χ0) is 11.5. The lowest BCUT2D eigenvalue weighted by atomic mass is 10.1. The van der Waals surface area contributed by atoms with Crippen molar-refractivity contribution in [1.82, 2.24) is 0 Å². The van der Waals surface area contributed by atoms with Gasteiger partial charge in [-0.15, -0.1) is 0 Å². The molecule has 0 amide bonds. The van der Waals surface area contributed by atoms with Gasteiger partial charge in [0.25, 0.3) is 0 Å². The van der Waals surface area contributed by atoms with Gasteiger partial charge in [0, 0.05) is 12.2 Å². The van der Waals surface area contributed by atoms with E-state index in [2.05, 4.69) is 4.99 Å². The third kappa shape index (κ3) is 2.04. The van der Waals surface area contributed by atoms with E-state index in [0.717, 1.165) is 18.8 Å². The molecule has 5 nitrogen and oxygen atoms in total. The zero-order valence-corrected chi connectivity index (χ0v) is 8.71. The van der Waals surface area contributed by atoms with Crippen LogP contribution in [0.1, 0.15) is 11.6 Å². The van der Waals surface area contributed by atoms with Crippen LogP contribution in [-0.2, 0) is 4.79 Å². The number of carboxylic acid groups (broad SMARTS) is 1. The number of nitrogens with two attached hydrogens (primary N) is 1. The highest BCUT2D eigenvalue weighted by Gasteiger charge is 2.14. The highest BCUT2D eigenvalue weighted by molar-refractivity contribution is 5.81. The van der Waals surface area contributed by atoms with Gasteiger partial charge >= 0.3 is 5.97 Å². The Bertz CT molecular complexity index is 393. The van der Waals surface area contributed by atoms with Crippen LogP contribution in [0.25, 0.3) is 0 Å². The number of carbonyl (C=O) groups is 1. The second kappa shape index (κ2) is 4.32. The number of nitrogens with zero attached hydrogens (tertiary/aromatic N) is 2. The van der Waals surface area contributed by atoms with Crippen molar-refractivity contribution >= 4 is 18.0 Å². The first-order valence-electron chi connectivity index (χ1n) is 5.03. The van der Waals surface area contributed by atoms with Gasteiger partial charge in [-0.05, 0) is 17.7 Å². The third-order valence-corrected chi connectivity index (χ3v) is 2.54. The first-order valence-corrected chi connectivity index (χ1v) is 5.03. The van der Waals surface area contributed by atoms with Gasteiger partial charge in [-0.2, -0.15) is 0 Å². The third-order valence-electron chi connectivity index (χ3n) is 2.54. The van der Waals surface area contributed by atoms with Crippen LogP contribution in [0.2, 0.25) is 0 Å². The van der Waals surface area contributed by atoms with Gasteiger partial charge in [0.15, 0.2) is 0 Å². The molecule has 1 unspecified atom stereocenters. The lowest BCUT2D eigenvalue weighted by Gasteiger charge is -2.15. The molecule has 0 bridgehead atoms. The molecule has 0 saturated carbocycles. The smallest absolute Gasteiger partial charge is 0.325 e. The van der Waals surface area contributed by atoms with Crippen molar-refractivity contribution in [2.45, 2.75) is 6.04 Å². The van der Waals surface area contributed by atoms with E-state index in [1.54, 1.807) is 18.5 Å². The fraction of sp³-hybridized carbons (Fsp3) is 0.273. The van der Waals surface area contributed by atoms with Gasteiger partial charge < -0.3 is 15.7 Å². The summed E-state index contributed by atoms with van der Waals surface area (Å²) >= 11 is 0. The summed E-state index contributed by atoms with van der Waals surface area (Å²) in [7, 11) is 0. The molecular formula is C11H13N3O2. The Morgan fingerprint density at radius 2 is 2.12 bits per heavy atom. The van der Waals surface area contributed by atoms with Crippen molar-refractivity contribution in [3.8, 4) is 0 Å². The minimum absolute atomic E-state index is 0.604. The Morgan fingerprint density at radius 3 is 2.62 bits per heavy atom. The molecule has 0 radical (unpaired) electrons. The van der Waals surface area contributed by atoms with Gasteiger partial charge in [-0.1, -0.05) is 12.1 Å². The van der Waals surface area contributed by atoms with Crippen molar-refractivity contribution in [3.05, 3.63) is 29.8 Å². The average Bonchev–Trinajstić information content (AvgIpc) is 2.81. The van der Waals surface area contributed by atoms with E-state index in [1.165, 1.54) is 0 Å². The number of hydrogen-bond acceptors (Lipinski definition) is 4. The van der Waals surface area contributed by atoms with Crippen molar-refractivity contribution in [2.24, 2.45) is 10.7 Å². The summed E-state index contributed by atoms with van der Waals surface area (Å²) in [5.74, 6) is -1.02. The SMILES string of the molecule is NC(C(=O)O)c1ccc(N2C=NCC2)cc1. The first-order chi connectivity index (χ1) is 7.68. The Balaban J connectivity index is 2.15. The molecule has 0 aliphatic carbocycles. The minimum Gasteiger partial charge on any atom is -0.480 e. The van der Waals surface area contributed by atoms with Crippen LogP contribution in [0.15, 0.2) is 29.3 Å². The number of carboxylic acids is 1. The van der Waals surface area contributed by atoms with Crippen LogP contribution in [0, 0.1) is 0 Å². The van der Waals surface area contributed by atoms with Crippen molar-refractivity contribution in [2.75, 3.05) is 18.0 Å². The quantitative estimate of drug-likeness (QED) is 0.781. The largest absolute Gasteiger partial charge is 0.480 e. The molecule has 1 aliphatic heterocycles. The molecule has 0 fully saturated rings. The van der Waals surface area contributed by atoms with E-state index in [9.17, 15) is 4.79 Å². The average molecular weight is 219 g/mol. The van der Waals surface area contributed by atoms with E-state index in [1.807, 2.05) is 17.0 Å². The minimum atomic E-state index is -1.02. The van der Waals surface area contributed by atoms with Crippen molar-refractivity contribution in [1.29, 1.82) is 0 Å². The maximum absolute atomic E-state index is 10.7. The molecule has 3 N–H and O–H groups in total. The molecule has 5 heteroatoms. The molecular weight excluding hydrogens is 206 g/mol. The van der Waals surface area contributed by atoms with E-state index in [4.69, 9.17) is 10.8 Å². The number of aliphatic imine (C=N–C) groups is 1. The molecule has 1 aromatic carbocycles. The predicted molar refractivity (Wildman–Crippen MR) is 61.7 cm³/mol. The van der Waals surface area contributed by atoms with E-state index >= 15 is 0 Å². The molecule has 84 valence electrons. The topological polar surface area (TPSA) is 78.9 Å². The maximum atomic E-state index is 10.7. The summed E-state index contributed by atoms with van der Waals surface area (Å²) in [6.07, 6.45) is 1.78. The van der Waals surface area contributed by atoms with Crippen LogP contribution >= 0.6 is 0 Å². The van der Waals surface area contributed by atoms with Crippen LogP contribution in [0.4, 0.5) is 5.69 Å². The van der Waals surface area contributed by atoms with Gasteiger partial charge in [0.2, 0.25) is 0 Å².